The predicted molar refractivity (Wildman–Crippen MR) is 78.7 cm³/mol. The van der Waals surface area contributed by atoms with E-state index in [4.69, 9.17) is 10.5 Å². The minimum absolute atomic E-state index is 0.225. The summed E-state index contributed by atoms with van der Waals surface area (Å²) < 4.78 is 5.33. The van der Waals surface area contributed by atoms with E-state index in [1.54, 1.807) is 0 Å². The number of nitrogens with two attached hydrogens (primary N) is 1. The van der Waals surface area contributed by atoms with Gasteiger partial charge in [0.05, 0.1) is 5.54 Å². The van der Waals surface area contributed by atoms with Crippen molar-refractivity contribution in [1.29, 1.82) is 0 Å². The summed E-state index contributed by atoms with van der Waals surface area (Å²) >= 11 is 0. The molecule has 0 amide bonds. The molecule has 0 spiro atoms. The predicted octanol–water partition coefficient (Wildman–Crippen LogP) is 2.57. The summed E-state index contributed by atoms with van der Waals surface area (Å²) in [7, 11) is 0. The number of hydrogen-bond donors (Lipinski definition) is 1. The fourth-order valence-corrected chi connectivity index (χ4v) is 3.51. The van der Waals surface area contributed by atoms with Gasteiger partial charge in [0.15, 0.2) is 5.78 Å². The second-order valence-electron chi connectivity index (χ2n) is 6.18. The molecule has 3 nitrogen and oxygen atoms in total. The Kier molecular flexibility index (Phi) is 3.90. The lowest BCUT2D eigenvalue weighted by molar-refractivity contribution is -0.128. The molecule has 108 valence electrons. The van der Waals surface area contributed by atoms with Gasteiger partial charge in [-0.2, -0.15) is 0 Å². The number of carbonyl (C=O) groups excluding carboxylic acids is 1. The number of Topliss-reactive ketones (excluding diaryl/α,β-unsaturated/α-hetero) is 1. The Bertz CT molecular complexity index is 492. The van der Waals surface area contributed by atoms with Crippen molar-refractivity contribution in [1.82, 2.24) is 0 Å². The number of benzene rings is 1. The second-order valence-corrected chi connectivity index (χ2v) is 6.18. The number of carbonyl (C=O) groups is 1. The van der Waals surface area contributed by atoms with Crippen LogP contribution >= 0.6 is 0 Å². The first-order valence-electron chi connectivity index (χ1n) is 7.67. The maximum absolute atomic E-state index is 12.6. The van der Waals surface area contributed by atoms with E-state index in [0.717, 1.165) is 12.8 Å². The lowest BCUT2D eigenvalue weighted by atomic mass is 9.76. The highest BCUT2D eigenvalue weighted by Gasteiger charge is 2.37. The van der Waals surface area contributed by atoms with Crippen LogP contribution in [0.25, 0.3) is 0 Å². The topological polar surface area (TPSA) is 52.3 Å². The molecule has 20 heavy (non-hydrogen) atoms. The molecule has 1 aromatic rings. The molecule has 2 N–H and O–H groups in total. The summed E-state index contributed by atoms with van der Waals surface area (Å²) in [6, 6.07) is 8.54. The van der Waals surface area contributed by atoms with Crippen LogP contribution in [-0.4, -0.2) is 24.5 Å². The van der Waals surface area contributed by atoms with Crippen LogP contribution in [0.1, 0.15) is 49.1 Å². The minimum atomic E-state index is -0.648. The monoisotopic (exact) mass is 273 g/mol. The number of hydrogen-bond acceptors (Lipinski definition) is 3. The molecule has 3 heteroatoms. The SMILES string of the molecule is NC1(C(=O)CC2CCCc3ccccc32)CCOCC1. The van der Waals surface area contributed by atoms with Crippen molar-refractivity contribution in [2.75, 3.05) is 13.2 Å². The molecule has 2 aliphatic rings. The molecule has 1 aliphatic heterocycles. The Morgan fingerprint density at radius 3 is 2.85 bits per heavy atom. The first-order chi connectivity index (χ1) is 9.69. The molecule has 1 saturated heterocycles. The molecule has 0 radical (unpaired) electrons. The third kappa shape index (κ3) is 2.65. The van der Waals surface area contributed by atoms with Gasteiger partial charge in [-0.1, -0.05) is 24.3 Å². The third-order valence-corrected chi connectivity index (χ3v) is 4.87. The van der Waals surface area contributed by atoms with Gasteiger partial charge in [0.1, 0.15) is 0 Å². The average molecular weight is 273 g/mol. The van der Waals surface area contributed by atoms with Crippen molar-refractivity contribution in [3.63, 3.8) is 0 Å². The smallest absolute Gasteiger partial charge is 0.153 e. The van der Waals surface area contributed by atoms with Crippen molar-refractivity contribution in [2.45, 2.75) is 50.0 Å². The lowest BCUT2D eigenvalue weighted by Gasteiger charge is -2.34. The number of aryl methyl sites for hydroxylation is 1. The highest BCUT2D eigenvalue weighted by Crippen LogP contribution is 2.35. The van der Waals surface area contributed by atoms with Crippen LogP contribution in [0.4, 0.5) is 0 Å². The van der Waals surface area contributed by atoms with Crippen LogP contribution in [0.3, 0.4) is 0 Å². The molecule has 1 fully saturated rings. The van der Waals surface area contributed by atoms with Gasteiger partial charge < -0.3 is 10.5 Å². The standard InChI is InChI=1S/C17H23NO2/c18-17(8-10-20-11-9-17)16(19)12-14-6-3-5-13-4-1-2-7-15(13)14/h1-2,4,7,14H,3,5-6,8-12,18H2. The molecule has 1 unspecified atom stereocenters. The zero-order chi connectivity index (χ0) is 14.0. The Balaban J connectivity index is 1.74. The van der Waals surface area contributed by atoms with E-state index < -0.39 is 5.54 Å². The average Bonchev–Trinajstić information content (AvgIpc) is 2.48. The summed E-state index contributed by atoms with van der Waals surface area (Å²) in [6.45, 7) is 1.23. The summed E-state index contributed by atoms with van der Waals surface area (Å²) in [5.41, 5.74) is 8.44. The quantitative estimate of drug-likeness (QED) is 0.921. The molecule has 1 aliphatic carbocycles. The van der Waals surface area contributed by atoms with Crippen LogP contribution < -0.4 is 5.73 Å². The van der Waals surface area contributed by atoms with E-state index in [0.29, 0.717) is 38.4 Å². The fraction of sp³-hybridized carbons (Fsp3) is 0.588. The van der Waals surface area contributed by atoms with Crippen molar-refractivity contribution >= 4 is 5.78 Å². The molecular weight excluding hydrogens is 250 g/mol. The second kappa shape index (κ2) is 5.66. The van der Waals surface area contributed by atoms with Crippen LogP contribution in [0, 0.1) is 0 Å². The van der Waals surface area contributed by atoms with Crippen LogP contribution in [0.5, 0.6) is 0 Å². The molecule has 3 rings (SSSR count). The molecule has 0 aromatic heterocycles. The molecule has 1 atom stereocenters. The highest BCUT2D eigenvalue weighted by atomic mass is 16.5. The maximum Gasteiger partial charge on any atom is 0.153 e. The minimum Gasteiger partial charge on any atom is -0.381 e. The van der Waals surface area contributed by atoms with Gasteiger partial charge in [0, 0.05) is 19.6 Å². The number of fused-ring (bicyclic) bond motifs is 1. The Hall–Kier alpha value is -1.19. The lowest BCUT2D eigenvalue weighted by Crippen LogP contribution is -2.52. The van der Waals surface area contributed by atoms with Gasteiger partial charge in [-0.05, 0) is 49.1 Å². The van der Waals surface area contributed by atoms with Crippen molar-refractivity contribution in [3.05, 3.63) is 35.4 Å². The van der Waals surface area contributed by atoms with Gasteiger partial charge in [-0.15, -0.1) is 0 Å². The summed E-state index contributed by atoms with van der Waals surface area (Å²) in [6.07, 6.45) is 5.35. The maximum atomic E-state index is 12.6. The number of rotatable bonds is 3. The van der Waals surface area contributed by atoms with Crippen molar-refractivity contribution in [3.8, 4) is 0 Å². The Morgan fingerprint density at radius 2 is 2.05 bits per heavy atom. The van der Waals surface area contributed by atoms with E-state index in [1.165, 1.54) is 17.5 Å². The van der Waals surface area contributed by atoms with E-state index in [2.05, 4.69) is 24.3 Å². The first-order valence-corrected chi connectivity index (χ1v) is 7.67. The molecule has 0 saturated carbocycles. The van der Waals surface area contributed by atoms with Crippen LogP contribution in [0.15, 0.2) is 24.3 Å². The highest BCUT2D eigenvalue weighted by molar-refractivity contribution is 5.89. The van der Waals surface area contributed by atoms with Gasteiger partial charge in [0.25, 0.3) is 0 Å². The third-order valence-electron chi connectivity index (χ3n) is 4.87. The zero-order valence-electron chi connectivity index (χ0n) is 11.9. The summed E-state index contributed by atoms with van der Waals surface area (Å²) in [5.74, 6) is 0.582. The van der Waals surface area contributed by atoms with Crippen molar-refractivity contribution < 1.29 is 9.53 Å². The van der Waals surface area contributed by atoms with Gasteiger partial charge >= 0.3 is 0 Å². The first kappa shape index (κ1) is 13.8. The largest absolute Gasteiger partial charge is 0.381 e. The zero-order valence-corrected chi connectivity index (χ0v) is 11.9. The van der Waals surface area contributed by atoms with E-state index in [1.807, 2.05) is 0 Å². The van der Waals surface area contributed by atoms with Gasteiger partial charge in [0.2, 0.25) is 0 Å². The number of ketones is 1. The molecule has 1 heterocycles. The van der Waals surface area contributed by atoms with Crippen LogP contribution in [0.2, 0.25) is 0 Å². The number of ether oxygens (including phenoxy) is 1. The summed E-state index contributed by atoms with van der Waals surface area (Å²) in [5, 5.41) is 0. The Labute approximate surface area is 120 Å². The van der Waals surface area contributed by atoms with E-state index in [9.17, 15) is 4.79 Å². The normalized spacial score (nSPS) is 24.9. The molecular formula is C17H23NO2. The molecule has 0 bridgehead atoms. The fourth-order valence-electron chi connectivity index (χ4n) is 3.51. The molecule has 1 aromatic carbocycles. The summed E-state index contributed by atoms with van der Waals surface area (Å²) in [4.78, 5) is 12.6. The van der Waals surface area contributed by atoms with E-state index >= 15 is 0 Å². The van der Waals surface area contributed by atoms with Crippen LogP contribution in [-0.2, 0) is 16.0 Å². The van der Waals surface area contributed by atoms with Gasteiger partial charge in [-0.25, -0.2) is 0 Å². The van der Waals surface area contributed by atoms with Crippen molar-refractivity contribution in [2.24, 2.45) is 5.73 Å². The Morgan fingerprint density at radius 1 is 1.30 bits per heavy atom. The van der Waals surface area contributed by atoms with E-state index in [-0.39, 0.29) is 5.78 Å². The van der Waals surface area contributed by atoms with Gasteiger partial charge in [-0.3, -0.25) is 4.79 Å².